The summed E-state index contributed by atoms with van der Waals surface area (Å²) in [7, 11) is 0. The van der Waals surface area contributed by atoms with E-state index in [0.717, 1.165) is 11.3 Å². The Balaban J connectivity index is 1.70. The van der Waals surface area contributed by atoms with Crippen molar-refractivity contribution in [2.75, 3.05) is 18.5 Å². The molecule has 2 N–H and O–H groups in total. The molecule has 0 aliphatic heterocycles. The number of para-hydroxylation sites is 1. The van der Waals surface area contributed by atoms with E-state index >= 15 is 0 Å². The first-order chi connectivity index (χ1) is 10.1. The van der Waals surface area contributed by atoms with Gasteiger partial charge < -0.3 is 15.4 Å². The number of carbonyl (C=O) groups is 1. The van der Waals surface area contributed by atoms with Crippen molar-refractivity contribution < 1.29 is 13.9 Å². The van der Waals surface area contributed by atoms with Crippen LogP contribution < -0.4 is 15.4 Å². The molecule has 2 aromatic rings. The third-order valence-electron chi connectivity index (χ3n) is 2.80. The minimum atomic E-state index is -0.469. The van der Waals surface area contributed by atoms with Crippen LogP contribution in [0.25, 0.3) is 0 Å². The van der Waals surface area contributed by atoms with E-state index in [-0.39, 0.29) is 5.69 Å². The molecule has 0 saturated carbocycles. The second-order valence-corrected chi connectivity index (χ2v) is 4.52. The smallest absolute Gasteiger partial charge is 0.319 e. The summed E-state index contributed by atoms with van der Waals surface area (Å²) >= 11 is 0. The molecule has 0 bridgehead atoms. The Morgan fingerprint density at radius 2 is 1.86 bits per heavy atom. The van der Waals surface area contributed by atoms with Gasteiger partial charge in [-0.1, -0.05) is 29.8 Å². The molecule has 0 aliphatic carbocycles. The first kappa shape index (κ1) is 14.8. The van der Waals surface area contributed by atoms with Crippen molar-refractivity contribution in [3.05, 3.63) is 59.9 Å². The summed E-state index contributed by atoms with van der Waals surface area (Å²) in [6, 6.07) is 13.2. The van der Waals surface area contributed by atoms with Crippen LogP contribution in [-0.4, -0.2) is 19.2 Å². The predicted molar refractivity (Wildman–Crippen MR) is 80.1 cm³/mol. The molecule has 0 aromatic heterocycles. The van der Waals surface area contributed by atoms with Crippen LogP contribution in [0.5, 0.6) is 5.75 Å². The molecule has 21 heavy (non-hydrogen) atoms. The average Bonchev–Trinajstić information content (AvgIpc) is 2.48. The zero-order chi connectivity index (χ0) is 15.1. The van der Waals surface area contributed by atoms with E-state index in [2.05, 4.69) is 10.6 Å². The van der Waals surface area contributed by atoms with Crippen molar-refractivity contribution in [1.29, 1.82) is 0 Å². The number of anilines is 1. The number of hydrogen-bond donors (Lipinski definition) is 2. The number of rotatable bonds is 5. The molecule has 2 aromatic carbocycles. The van der Waals surface area contributed by atoms with E-state index in [1.165, 1.54) is 12.1 Å². The van der Waals surface area contributed by atoms with Gasteiger partial charge in [-0.3, -0.25) is 0 Å². The fourth-order valence-corrected chi connectivity index (χ4v) is 1.70. The molecule has 4 nitrogen and oxygen atoms in total. The van der Waals surface area contributed by atoms with Crippen molar-refractivity contribution in [2.24, 2.45) is 0 Å². The summed E-state index contributed by atoms with van der Waals surface area (Å²) in [6.07, 6.45) is 0. The molecule has 0 saturated heterocycles. The van der Waals surface area contributed by atoms with E-state index in [0.29, 0.717) is 13.2 Å². The molecule has 5 heteroatoms. The zero-order valence-electron chi connectivity index (χ0n) is 11.7. The third-order valence-corrected chi connectivity index (χ3v) is 2.80. The van der Waals surface area contributed by atoms with E-state index in [4.69, 9.17) is 4.74 Å². The van der Waals surface area contributed by atoms with Crippen LogP contribution in [0.3, 0.4) is 0 Å². The lowest BCUT2D eigenvalue weighted by atomic mass is 10.2. The Morgan fingerprint density at radius 1 is 1.14 bits per heavy atom. The Bertz CT molecular complexity index is 599. The summed E-state index contributed by atoms with van der Waals surface area (Å²) < 4.78 is 18.8. The van der Waals surface area contributed by atoms with Gasteiger partial charge in [-0.2, -0.15) is 0 Å². The van der Waals surface area contributed by atoms with Crippen molar-refractivity contribution in [3.8, 4) is 5.75 Å². The lowest BCUT2D eigenvalue weighted by molar-refractivity contribution is 0.247. The molecule has 0 heterocycles. The van der Waals surface area contributed by atoms with Gasteiger partial charge in [0.1, 0.15) is 18.2 Å². The van der Waals surface area contributed by atoms with Gasteiger partial charge in [-0.25, -0.2) is 9.18 Å². The summed E-state index contributed by atoms with van der Waals surface area (Å²) in [5.41, 5.74) is 1.30. The molecular formula is C16H17FN2O2. The van der Waals surface area contributed by atoms with Crippen LogP contribution >= 0.6 is 0 Å². The fraction of sp³-hybridized carbons (Fsp3) is 0.188. The Morgan fingerprint density at radius 3 is 2.57 bits per heavy atom. The minimum Gasteiger partial charge on any atom is -0.492 e. The van der Waals surface area contributed by atoms with E-state index in [1.807, 2.05) is 31.2 Å². The number of amides is 2. The number of hydrogen-bond acceptors (Lipinski definition) is 2. The molecule has 0 spiro atoms. The second-order valence-electron chi connectivity index (χ2n) is 4.52. The highest BCUT2D eigenvalue weighted by Gasteiger charge is 2.05. The number of halogens is 1. The van der Waals surface area contributed by atoms with Gasteiger partial charge in [-0.15, -0.1) is 0 Å². The van der Waals surface area contributed by atoms with Crippen molar-refractivity contribution in [2.45, 2.75) is 6.92 Å². The fourth-order valence-electron chi connectivity index (χ4n) is 1.70. The maximum Gasteiger partial charge on any atom is 0.319 e. The van der Waals surface area contributed by atoms with Crippen molar-refractivity contribution >= 4 is 11.7 Å². The molecule has 110 valence electrons. The van der Waals surface area contributed by atoms with Gasteiger partial charge in [0.2, 0.25) is 0 Å². The number of urea groups is 1. The topological polar surface area (TPSA) is 50.4 Å². The second kappa shape index (κ2) is 7.28. The largest absolute Gasteiger partial charge is 0.492 e. The first-order valence-corrected chi connectivity index (χ1v) is 6.64. The number of ether oxygens (including phenoxy) is 1. The normalized spacial score (nSPS) is 10.0. The number of carbonyl (C=O) groups excluding carboxylic acids is 1. The molecule has 0 aliphatic rings. The maximum absolute atomic E-state index is 13.3. The van der Waals surface area contributed by atoms with Crippen LogP contribution in [0.15, 0.2) is 48.5 Å². The predicted octanol–water partition coefficient (Wildman–Crippen LogP) is 3.33. The van der Waals surface area contributed by atoms with Gasteiger partial charge >= 0.3 is 6.03 Å². The van der Waals surface area contributed by atoms with Crippen LogP contribution in [0.4, 0.5) is 14.9 Å². The third kappa shape index (κ3) is 4.80. The van der Waals surface area contributed by atoms with Gasteiger partial charge in [0.05, 0.1) is 12.2 Å². The Kier molecular flexibility index (Phi) is 5.15. The van der Waals surface area contributed by atoms with Crippen LogP contribution in [0, 0.1) is 12.7 Å². The molecule has 0 radical (unpaired) electrons. The number of benzene rings is 2. The van der Waals surface area contributed by atoms with Gasteiger partial charge in [0.25, 0.3) is 0 Å². The first-order valence-electron chi connectivity index (χ1n) is 6.64. The van der Waals surface area contributed by atoms with Crippen molar-refractivity contribution in [1.82, 2.24) is 5.32 Å². The molecule has 2 rings (SSSR count). The summed E-state index contributed by atoms with van der Waals surface area (Å²) in [4.78, 5) is 11.6. The zero-order valence-corrected chi connectivity index (χ0v) is 11.7. The van der Waals surface area contributed by atoms with E-state index in [1.54, 1.807) is 12.1 Å². The highest BCUT2D eigenvalue weighted by atomic mass is 19.1. The molecular weight excluding hydrogens is 271 g/mol. The van der Waals surface area contributed by atoms with Gasteiger partial charge in [0, 0.05) is 0 Å². The van der Waals surface area contributed by atoms with Gasteiger partial charge in [0.15, 0.2) is 0 Å². The lowest BCUT2D eigenvalue weighted by Crippen LogP contribution is -2.32. The molecule has 0 atom stereocenters. The number of aryl methyl sites for hydroxylation is 1. The molecule has 0 fully saturated rings. The van der Waals surface area contributed by atoms with Crippen LogP contribution in [0.2, 0.25) is 0 Å². The highest BCUT2D eigenvalue weighted by molar-refractivity contribution is 5.89. The molecule has 0 unspecified atom stereocenters. The Labute approximate surface area is 122 Å². The van der Waals surface area contributed by atoms with Crippen molar-refractivity contribution in [3.63, 3.8) is 0 Å². The summed E-state index contributed by atoms with van der Waals surface area (Å²) in [6.45, 7) is 2.67. The molecule has 2 amide bonds. The quantitative estimate of drug-likeness (QED) is 0.829. The average molecular weight is 288 g/mol. The maximum atomic E-state index is 13.3. The lowest BCUT2D eigenvalue weighted by Gasteiger charge is -2.09. The SMILES string of the molecule is Cc1ccc(OCCNC(=O)Nc2ccccc2F)cc1. The standard InChI is InChI=1S/C16H17FN2O2/c1-12-6-8-13(9-7-12)21-11-10-18-16(20)19-15-5-3-2-4-14(15)17/h2-9H,10-11H2,1H3,(H2,18,19,20). The van der Waals surface area contributed by atoms with E-state index in [9.17, 15) is 9.18 Å². The minimum absolute atomic E-state index is 0.148. The highest BCUT2D eigenvalue weighted by Crippen LogP contribution is 2.12. The number of nitrogens with one attached hydrogen (secondary N) is 2. The van der Waals surface area contributed by atoms with Gasteiger partial charge in [-0.05, 0) is 31.2 Å². The summed E-state index contributed by atoms with van der Waals surface area (Å²) in [5, 5.41) is 5.03. The van der Waals surface area contributed by atoms with Crippen LogP contribution in [0.1, 0.15) is 5.56 Å². The Hall–Kier alpha value is -2.56. The van der Waals surface area contributed by atoms with E-state index < -0.39 is 11.8 Å². The monoisotopic (exact) mass is 288 g/mol. The van der Waals surface area contributed by atoms with Crippen LogP contribution in [-0.2, 0) is 0 Å². The summed E-state index contributed by atoms with van der Waals surface area (Å²) in [5.74, 6) is 0.278.